The molecule has 2 amide bonds. The molecule has 4 rings (SSSR count). The van der Waals surface area contributed by atoms with Crippen LogP contribution in [0.25, 0.3) is 10.2 Å². The zero-order valence-corrected chi connectivity index (χ0v) is 22.1. The second-order valence-corrected chi connectivity index (χ2v) is 11.1. The Bertz CT molecular complexity index is 1260. The summed E-state index contributed by atoms with van der Waals surface area (Å²) in [5.41, 5.74) is 0.860. The van der Waals surface area contributed by atoms with Gasteiger partial charge in [0.25, 0.3) is 11.8 Å². The fourth-order valence-corrected chi connectivity index (χ4v) is 7.31. The fourth-order valence-electron chi connectivity index (χ4n) is 3.40. The first-order chi connectivity index (χ1) is 17.4. The summed E-state index contributed by atoms with van der Waals surface area (Å²) in [6.07, 6.45) is 0. The standard InChI is InChI=1S/C24H23N3O6S3/c1-14(31-2)20(23(30)32-3)27-21(29)19(26-18(28)13-33-15-9-5-4-6-10-15)22(27)35-36-24-25-16-11-7-8-12-17(16)34-24/h4-12,19,22H,13H2,1-3H3,(H,26,28)/b20-14+. The summed E-state index contributed by atoms with van der Waals surface area (Å²) in [6, 6.07) is 15.8. The van der Waals surface area contributed by atoms with Crippen molar-refractivity contribution in [2.24, 2.45) is 0 Å². The highest BCUT2D eigenvalue weighted by molar-refractivity contribution is 8.77. The number of carbonyl (C=O) groups is 3. The number of ether oxygens (including phenoxy) is 3. The largest absolute Gasteiger partial charge is 0.499 e. The van der Waals surface area contributed by atoms with Gasteiger partial charge in [0.05, 0.1) is 24.4 Å². The van der Waals surface area contributed by atoms with Crippen LogP contribution >= 0.6 is 32.9 Å². The van der Waals surface area contributed by atoms with Gasteiger partial charge in [0.15, 0.2) is 16.6 Å². The molecule has 1 aliphatic heterocycles. The van der Waals surface area contributed by atoms with Gasteiger partial charge in [-0.2, -0.15) is 0 Å². The maximum atomic E-state index is 13.2. The molecule has 0 spiro atoms. The normalized spacial score (nSPS) is 17.8. The van der Waals surface area contributed by atoms with E-state index in [1.54, 1.807) is 31.2 Å². The number of aromatic nitrogens is 1. The van der Waals surface area contributed by atoms with E-state index in [1.165, 1.54) is 52.0 Å². The Morgan fingerprint density at radius 2 is 1.81 bits per heavy atom. The van der Waals surface area contributed by atoms with Crippen LogP contribution in [0.4, 0.5) is 0 Å². The lowest BCUT2D eigenvalue weighted by Gasteiger charge is -2.46. The zero-order valence-electron chi connectivity index (χ0n) is 19.6. The number of hydrogen-bond acceptors (Lipinski definition) is 10. The van der Waals surface area contributed by atoms with Crippen LogP contribution < -0.4 is 10.1 Å². The van der Waals surface area contributed by atoms with E-state index in [-0.39, 0.29) is 18.1 Å². The Morgan fingerprint density at radius 1 is 1.08 bits per heavy atom. The van der Waals surface area contributed by atoms with Gasteiger partial charge in [-0.3, -0.25) is 14.5 Å². The van der Waals surface area contributed by atoms with Gasteiger partial charge >= 0.3 is 5.97 Å². The average Bonchev–Trinajstić information content (AvgIpc) is 3.33. The minimum atomic E-state index is -0.881. The summed E-state index contributed by atoms with van der Waals surface area (Å²) in [7, 11) is 5.31. The fraction of sp³-hybridized carbons (Fsp3) is 0.250. The van der Waals surface area contributed by atoms with Crippen molar-refractivity contribution in [2.45, 2.75) is 22.7 Å². The summed E-state index contributed by atoms with van der Waals surface area (Å²) in [5.74, 6) is -0.863. The maximum absolute atomic E-state index is 13.2. The molecule has 1 saturated heterocycles. The molecule has 2 aromatic carbocycles. The van der Waals surface area contributed by atoms with Gasteiger partial charge in [-0.05, 0) is 42.0 Å². The highest BCUT2D eigenvalue weighted by atomic mass is 33.1. The lowest BCUT2D eigenvalue weighted by atomic mass is 10.1. The molecule has 36 heavy (non-hydrogen) atoms. The van der Waals surface area contributed by atoms with Crippen molar-refractivity contribution in [2.75, 3.05) is 20.8 Å². The number of para-hydroxylation sites is 2. The minimum absolute atomic E-state index is 0.0153. The number of β-lactam (4-membered cyclic amide) rings is 1. The Labute approximate surface area is 219 Å². The van der Waals surface area contributed by atoms with Gasteiger partial charge in [-0.15, -0.1) is 11.3 Å². The lowest BCUT2D eigenvalue weighted by molar-refractivity contribution is -0.152. The van der Waals surface area contributed by atoms with Gasteiger partial charge in [0, 0.05) is 0 Å². The average molecular weight is 546 g/mol. The molecule has 2 unspecified atom stereocenters. The van der Waals surface area contributed by atoms with Crippen molar-refractivity contribution in [1.29, 1.82) is 0 Å². The molecule has 1 N–H and O–H groups in total. The highest BCUT2D eigenvalue weighted by Gasteiger charge is 2.53. The van der Waals surface area contributed by atoms with Gasteiger partial charge in [-0.1, -0.05) is 41.1 Å². The molecule has 2 atom stereocenters. The van der Waals surface area contributed by atoms with E-state index in [4.69, 9.17) is 14.2 Å². The SMILES string of the molecule is COC(=O)/C(=C(/C)OC)N1C(=O)C(NC(=O)COc2ccccc2)C1SSc1nc2ccccc2s1. The number of nitrogens with one attached hydrogen (secondary N) is 1. The van der Waals surface area contributed by atoms with E-state index in [2.05, 4.69) is 10.3 Å². The molecule has 0 aliphatic carbocycles. The summed E-state index contributed by atoms with van der Waals surface area (Å²) >= 11 is 1.52. The number of hydrogen-bond donors (Lipinski definition) is 1. The molecule has 1 fully saturated rings. The maximum Gasteiger partial charge on any atom is 0.358 e. The summed E-state index contributed by atoms with van der Waals surface area (Å²) in [4.78, 5) is 44.2. The van der Waals surface area contributed by atoms with Crippen molar-refractivity contribution in [3.63, 3.8) is 0 Å². The number of methoxy groups -OCH3 is 2. The zero-order chi connectivity index (χ0) is 25.7. The molecule has 3 aromatic rings. The molecule has 2 heterocycles. The number of thiazole rings is 1. The summed E-state index contributed by atoms with van der Waals surface area (Å²) in [6.45, 7) is 1.31. The van der Waals surface area contributed by atoms with Crippen molar-refractivity contribution < 1.29 is 28.6 Å². The number of amides is 2. The Hall–Kier alpha value is -3.22. The number of esters is 1. The summed E-state index contributed by atoms with van der Waals surface area (Å²) in [5, 5.41) is 2.11. The van der Waals surface area contributed by atoms with Crippen molar-refractivity contribution in [1.82, 2.24) is 15.2 Å². The molecule has 188 valence electrons. The van der Waals surface area contributed by atoms with Crippen LogP contribution in [0.1, 0.15) is 6.92 Å². The molecule has 1 aromatic heterocycles. The van der Waals surface area contributed by atoms with E-state index in [1.807, 2.05) is 30.3 Å². The summed E-state index contributed by atoms with van der Waals surface area (Å²) < 4.78 is 17.5. The van der Waals surface area contributed by atoms with Crippen molar-refractivity contribution in [3.8, 4) is 5.75 Å². The van der Waals surface area contributed by atoms with Gasteiger partial charge in [0.1, 0.15) is 22.9 Å². The van der Waals surface area contributed by atoms with E-state index < -0.39 is 29.2 Å². The van der Waals surface area contributed by atoms with Crippen LogP contribution in [0.3, 0.4) is 0 Å². The van der Waals surface area contributed by atoms with Crippen LogP contribution in [0.15, 0.2) is 70.4 Å². The van der Waals surface area contributed by atoms with Gasteiger partial charge < -0.3 is 19.5 Å². The quantitative estimate of drug-likeness (QED) is 0.134. The van der Waals surface area contributed by atoms with E-state index >= 15 is 0 Å². The number of carbonyl (C=O) groups excluding carboxylic acids is 3. The smallest absolute Gasteiger partial charge is 0.358 e. The number of nitrogens with zero attached hydrogens (tertiary/aromatic N) is 2. The van der Waals surface area contributed by atoms with Crippen LogP contribution in [0.5, 0.6) is 5.75 Å². The molecule has 12 heteroatoms. The molecule has 0 bridgehead atoms. The first kappa shape index (κ1) is 25.9. The van der Waals surface area contributed by atoms with Crippen LogP contribution in [-0.2, 0) is 23.9 Å². The molecular formula is C24H23N3O6S3. The topological polar surface area (TPSA) is 107 Å². The Balaban J connectivity index is 1.52. The molecule has 1 aliphatic rings. The van der Waals surface area contributed by atoms with Gasteiger partial charge in [-0.25, -0.2) is 9.78 Å². The van der Waals surface area contributed by atoms with Crippen LogP contribution in [0.2, 0.25) is 0 Å². The number of benzene rings is 2. The van der Waals surface area contributed by atoms with Crippen LogP contribution in [-0.4, -0.2) is 59.9 Å². The monoisotopic (exact) mass is 545 g/mol. The molecule has 0 radical (unpaired) electrons. The third kappa shape index (κ3) is 5.61. The number of rotatable bonds is 10. The Kier molecular flexibility index (Phi) is 8.39. The first-order valence-corrected chi connectivity index (χ1v) is 13.8. The van der Waals surface area contributed by atoms with E-state index in [0.717, 1.165) is 14.6 Å². The number of fused-ring (bicyclic) bond motifs is 1. The van der Waals surface area contributed by atoms with Crippen molar-refractivity contribution in [3.05, 3.63) is 66.1 Å². The first-order valence-electron chi connectivity index (χ1n) is 10.7. The third-order valence-electron chi connectivity index (χ3n) is 5.22. The Morgan fingerprint density at radius 3 is 2.50 bits per heavy atom. The number of allylic oxidation sites excluding steroid dienone is 1. The minimum Gasteiger partial charge on any atom is -0.499 e. The molecular weight excluding hydrogens is 522 g/mol. The van der Waals surface area contributed by atoms with E-state index in [0.29, 0.717) is 5.75 Å². The number of likely N-dealkylation sites (tertiary alicyclic amines) is 1. The van der Waals surface area contributed by atoms with Crippen LogP contribution in [0, 0.1) is 0 Å². The predicted octanol–water partition coefficient (Wildman–Crippen LogP) is 3.82. The molecule has 0 saturated carbocycles. The lowest BCUT2D eigenvalue weighted by Crippen LogP contribution is -2.69. The van der Waals surface area contributed by atoms with E-state index in [9.17, 15) is 14.4 Å². The van der Waals surface area contributed by atoms with Gasteiger partial charge in [0.2, 0.25) is 0 Å². The molecule has 9 nitrogen and oxygen atoms in total. The second-order valence-electron chi connectivity index (χ2n) is 7.47. The van der Waals surface area contributed by atoms with Crippen molar-refractivity contribution >= 4 is 60.9 Å². The third-order valence-corrected chi connectivity index (χ3v) is 9.24. The highest BCUT2D eigenvalue weighted by Crippen LogP contribution is 2.45. The second kappa shape index (κ2) is 11.7. The predicted molar refractivity (Wildman–Crippen MR) is 139 cm³/mol.